The minimum atomic E-state index is -0.352. The fourth-order valence-corrected chi connectivity index (χ4v) is 2.95. The number of methoxy groups -OCH3 is 2. The van der Waals surface area contributed by atoms with E-state index in [1.165, 1.54) is 0 Å². The van der Waals surface area contributed by atoms with Crippen LogP contribution in [0, 0.1) is 0 Å². The fraction of sp³-hybridized carbons (Fsp3) is 0.500. The molecule has 1 aromatic carbocycles. The molecule has 0 aliphatic heterocycles. The van der Waals surface area contributed by atoms with E-state index >= 15 is 0 Å². The zero-order valence-corrected chi connectivity index (χ0v) is 15.5. The van der Waals surface area contributed by atoms with Crippen LogP contribution in [-0.4, -0.2) is 39.3 Å². The molecule has 0 radical (unpaired) electrons. The summed E-state index contributed by atoms with van der Waals surface area (Å²) in [4.78, 5) is 12.0. The van der Waals surface area contributed by atoms with Crippen molar-refractivity contribution in [3.05, 3.63) is 21.1 Å². The van der Waals surface area contributed by atoms with E-state index in [1.807, 2.05) is 19.1 Å². The Morgan fingerprint density at radius 3 is 2.62 bits per heavy atom. The van der Waals surface area contributed by atoms with Gasteiger partial charge in [-0.2, -0.15) is 0 Å². The molecular formula is C14H20Br2N2O3. The van der Waals surface area contributed by atoms with Crippen molar-refractivity contribution in [3.8, 4) is 5.75 Å². The zero-order valence-electron chi connectivity index (χ0n) is 12.3. The highest BCUT2D eigenvalue weighted by molar-refractivity contribution is 9.11. The van der Waals surface area contributed by atoms with Crippen molar-refractivity contribution in [3.63, 3.8) is 0 Å². The molecular weight excluding hydrogens is 404 g/mol. The average Bonchev–Trinajstić information content (AvgIpc) is 2.46. The van der Waals surface area contributed by atoms with Gasteiger partial charge in [0.15, 0.2) is 0 Å². The van der Waals surface area contributed by atoms with Crippen LogP contribution in [0.5, 0.6) is 5.75 Å². The van der Waals surface area contributed by atoms with Crippen LogP contribution >= 0.6 is 31.9 Å². The molecule has 1 atom stereocenters. The third-order valence-electron chi connectivity index (χ3n) is 2.83. The molecule has 0 saturated carbocycles. The number of carbonyl (C=O) groups excluding carboxylic acids is 1. The number of halogens is 2. The maximum Gasteiger partial charge on any atom is 0.242 e. The minimum absolute atomic E-state index is 0.0557. The number of anilines is 1. The monoisotopic (exact) mass is 422 g/mol. The minimum Gasteiger partial charge on any atom is -0.495 e. The molecule has 21 heavy (non-hydrogen) atoms. The number of rotatable bonds is 8. The van der Waals surface area contributed by atoms with Gasteiger partial charge in [0, 0.05) is 30.8 Å². The maximum atomic E-state index is 12.0. The molecule has 5 nitrogen and oxygen atoms in total. The molecule has 0 fully saturated rings. The largest absolute Gasteiger partial charge is 0.495 e. The third kappa shape index (κ3) is 5.84. The molecule has 118 valence electrons. The quantitative estimate of drug-likeness (QED) is 0.630. The van der Waals surface area contributed by atoms with E-state index in [0.717, 1.165) is 21.1 Å². The second-order valence-electron chi connectivity index (χ2n) is 4.47. The van der Waals surface area contributed by atoms with Gasteiger partial charge in [0.05, 0.1) is 17.3 Å². The van der Waals surface area contributed by atoms with Gasteiger partial charge >= 0.3 is 0 Å². The van der Waals surface area contributed by atoms with E-state index in [-0.39, 0.29) is 11.9 Å². The number of ether oxygens (including phenoxy) is 2. The number of hydrogen-bond donors (Lipinski definition) is 2. The van der Waals surface area contributed by atoms with Gasteiger partial charge in [0.2, 0.25) is 5.91 Å². The van der Waals surface area contributed by atoms with E-state index in [2.05, 4.69) is 42.5 Å². The molecule has 1 amide bonds. The predicted octanol–water partition coefficient (Wildman–Crippen LogP) is 3.17. The summed E-state index contributed by atoms with van der Waals surface area (Å²) in [5.74, 6) is 0.647. The standard InChI is InChI=1S/C14H20Br2N2O3/c1-9(14(19)17-5-4-6-20-2)18-12-8-13(21-3)11(16)7-10(12)15/h7-9,18H,4-6H2,1-3H3,(H,17,19). The lowest BCUT2D eigenvalue weighted by Gasteiger charge is -2.17. The van der Waals surface area contributed by atoms with Gasteiger partial charge in [-0.15, -0.1) is 0 Å². The molecule has 0 saturated heterocycles. The van der Waals surface area contributed by atoms with Crippen molar-refractivity contribution < 1.29 is 14.3 Å². The molecule has 0 aromatic heterocycles. The van der Waals surface area contributed by atoms with E-state index in [9.17, 15) is 4.79 Å². The smallest absolute Gasteiger partial charge is 0.242 e. The Hall–Kier alpha value is -0.790. The third-order valence-corrected chi connectivity index (χ3v) is 4.11. The number of amides is 1. The summed E-state index contributed by atoms with van der Waals surface area (Å²) in [7, 11) is 3.24. The summed E-state index contributed by atoms with van der Waals surface area (Å²) in [6.45, 7) is 3.05. The number of nitrogens with one attached hydrogen (secondary N) is 2. The number of hydrogen-bond acceptors (Lipinski definition) is 4. The molecule has 0 bridgehead atoms. The zero-order chi connectivity index (χ0) is 15.8. The van der Waals surface area contributed by atoms with Crippen molar-refractivity contribution in [2.45, 2.75) is 19.4 Å². The van der Waals surface area contributed by atoms with E-state index in [0.29, 0.717) is 18.9 Å². The fourth-order valence-electron chi connectivity index (χ4n) is 1.68. The lowest BCUT2D eigenvalue weighted by molar-refractivity contribution is -0.121. The van der Waals surface area contributed by atoms with Crippen molar-refractivity contribution in [1.29, 1.82) is 0 Å². The predicted molar refractivity (Wildman–Crippen MR) is 91.0 cm³/mol. The second-order valence-corrected chi connectivity index (χ2v) is 6.18. The maximum absolute atomic E-state index is 12.0. The highest BCUT2D eigenvalue weighted by Gasteiger charge is 2.15. The van der Waals surface area contributed by atoms with Crippen molar-refractivity contribution in [1.82, 2.24) is 5.32 Å². The first-order chi connectivity index (χ1) is 9.99. The van der Waals surface area contributed by atoms with Crippen LogP contribution in [0.1, 0.15) is 13.3 Å². The van der Waals surface area contributed by atoms with Crippen molar-refractivity contribution in [2.75, 3.05) is 32.7 Å². The molecule has 7 heteroatoms. The van der Waals surface area contributed by atoms with Gasteiger partial charge in [0.25, 0.3) is 0 Å². The van der Waals surface area contributed by atoms with Crippen LogP contribution in [0.3, 0.4) is 0 Å². The van der Waals surface area contributed by atoms with Crippen LogP contribution < -0.4 is 15.4 Å². The molecule has 0 spiro atoms. The molecule has 1 aromatic rings. The van der Waals surface area contributed by atoms with E-state index < -0.39 is 0 Å². The van der Waals surface area contributed by atoms with Crippen LogP contribution in [0.4, 0.5) is 5.69 Å². The Morgan fingerprint density at radius 2 is 2.00 bits per heavy atom. The number of carbonyl (C=O) groups is 1. The second kappa shape index (κ2) is 9.27. The number of benzene rings is 1. The SMILES string of the molecule is COCCCNC(=O)C(C)Nc1cc(OC)c(Br)cc1Br. The summed E-state index contributed by atoms with van der Waals surface area (Å²) < 4.78 is 11.9. The Labute approximate surface area is 142 Å². The van der Waals surface area contributed by atoms with Gasteiger partial charge in [-0.25, -0.2) is 0 Å². The van der Waals surface area contributed by atoms with Crippen LogP contribution in [0.2, 0.25) is 0 Å². The molecule has 2 N–H and O–H groups in total. The molecule has 1 rings (SSSR count). The normalized spacial score (nSPS) is 11.9. The van der Waals surface area contributed by atoms with E-state index in [1.54, 1.807) is 14.2 Å². The lowest BCUT2D eigenvalue weighted by Crippen LogP contribution is -2.38. The molecule has 0 heterocycles. The van der Waals surface area contributed by atoms with Gasteiger partial charge in [0.1, 0.15) is 11.8 Å². The highest BCUT2D eigenvalue weighted by Crippen LogP contribution is 2.34. The first kappa shape index (κ1) is 18.3. The molecule has 1 unspecified atom stereocenters. The van der Waals surface area contributed by atoms with Gasteiger partial charge in [-0.05, 0) is 51.3 Å². The molecule has 0 aliphatic carbocycles. The summed E-state index contributed by atoms with van der Waals surface area (Å²) in [5, 5.41) is 6.02. The Balaban J connectivity index is 2.61. The summed E-state index contributed by atoms with van der Waals surface area (Å²) in [6, 6.07) is 3.36. The Bertz CT molecular complexity index is 484. The first-order valence-electron chi connectivity index (χ1n) is 6.55. The van der Waals surface area contributed by atoms with Crippen LogP contribution in [0.15, 0.2) is 21.1 Å². The highest BCUT2D eigenvalue weighted by atomic mass is 79.9. The summed E-state index contributed by atoms with van der Waals surface area (Å²) >= 11 is 6.88. The van der Waals surface area contributed by atoms with Gasteiger partial charge in [-0.1, -0.05) is 0 Å². The topological polar surface area (TPSA) is 59.6 Å². The summed E-state index contributed by atoms with van der Waals surface area (Å²) in [5.41, 5.74) is 0.801. The summed E-state index contributed by atoms with van der Waals surface area (Å²) in [6.07, 6.45) is 0.796. The van der Waals surface area contributed by atoms with E-state index in [4.69, 9.17) is 9.47 Å². The Kier molecular flexibility index (Phi) is 8.06. The van der Waals surface area contributed by atoms with Gasteiger partial charge in [-0.3, -0.25) is 4.79 Å². The van der Waals surface area contributed by atoms with Crippen molar-refractivity contribution >= 4 is 43.5 Å². The lowest BCUT2D eigenvalue weighted by atomic mass is 10.2. The van der Waals surface area contributed by atoms with Crippen LogP contribution in [-0.2, 0) is 9.53 Å². The molecule has 0 aliphatic rings. The Morgan fingerprint density at radius 1 is 1.29 bits per heavy atom. The van der Waals surface area contributed by atoms with Crippen molar-refractivity contribution in [2.24, 2.45) is 0 Å². The average molecular weight is 424 g/mol. The van der Waals surface area contributed by atoms with Gasteiger partial charge < -0.3 is 20.1 Å². The first-order valence-corrected chi connectivity index (χ1v) is 8.14. The van der Waals surface area contributed by atoms with Crippen LogP contribution in [0.25, 0.3) is 0 Å².